The van der Waals surface area contributed by atoms with Crippen molar-refractivity contribution in [1.82, 2.24) is 0 Å². The van der Waals surface area contributed by atoms with Gasteiger partial charge in [0.2, 0.25) is 6.79 Å². The van der Waals surface area contributed by atoms with Crippen LogP contribution in [0.2, 0.25) is 0 Å². The van der Waals surface area contributed by atoms with Crippen molar-refractivity contribution in [2.24, 2.45) is 0 Å². The van der Waals surface area contributed by atoms with Crippen molar-refractivity contribution in [3.05, 3.63) is 21.7 Å². The number of halogens is 1. The van der Waals surface area contributed by atoms with Gasteiger partial charge in [0.25, 0.3) is 0 Å². The molecule has 0 N–H and O–H groups in total. The highest BCUT2D eigenvalue weighted by atomic mass is 79.9. The average molecular weight is 268 g/mol. The number of nitrogens with zero attached hydrogens (tertiary/aromatic N) is 1. The normalized spacial score (nSPS) is 12.6. The van der Waals surface area contributed by atoms with E-state index < -0.39 is 0 Å². The quantitative estimate of drug-likeness (QED) is 0.828. The molecule has 4 heteroatoms. The average Bonchev–Trinajstić information content (AvgIpc) is 2.67. The van der Waals surface area contributed by atoms with Crippen molar-refractivity contribution < 1.29 is 9.47 Å². The molecule has 0 aliphatic carbocycles. The zero-order valence-corrected chi connectivity index (χ0v) is 9.93. The maximum absolute atomic E-state index is 8.74. The summed E-state index contributed by atoms with van der Waals surface area (Å²) in [5.74, 6) is 1.48. The minimum absolute atomic E-state index is 0.257. The van der Waals surface area contributed by atoms with Crippen molar-refractivity contribution in [2.75, 3.05) is 6.79 Å². The molecule has 0 spiro atoms. The first-order chi connectivity index (χ1) is 7.27. The van der Waals surface area contributed by atoms with Gasteiger partial charge >= 0.3 is 0 Å². The van der Waals surface area contributed by atoms with Crippen molar-refractivity contribution >= 4 is 15.9 Å². The monoisotopic (exact) mass is 267 g/mol. The van der Waals surface area contributed by atoms with E-state index >= 15 is 0 Å². The Morgan fingerprint density at radius 2 is 2.33 bits per heavy atom. The Hall–Kier alpha value is -1.21. The van der Waals surface area contributed by atoms with Crippen LogP contribution in [0.5, 0.6) is 11.5 Å². The summed E-state index contributed by atoms with van der Waals surface area (Å²) in [4.78, 5) is 0. The summed E-state index contributed by atoms with van der Waals surface area (Å²) >= 11 is 3.50. The van der Waals surface area contributed by atoms with Gasteiger partial charge in [-0.2, -0.15) is 5.26 Å². The molecular weight excluding hydrogens is 258 g/mol. The Kier molecular flexibility index (Phi) is 2.83. The molecule has 78 valence electrons. The van der Waals surface area contributed by atoms with Gasteiger partial charge in [0, 0.05) is 0 Å². The second kappa shape index (κ2) is 4.11. The molecule has 0 amide bonds. The first-order valence-corrected chi connectivity index (χ1v) is 5.54. The van der Waals surface area contributed by atoms with E-state index in [2.05, 4.69) is 28.9 Å². The summed E-state index contributed by atoms with van der Waals surface area (Å²) in [6.07, 6.45) is 1.27. The molecule has 2 rings (SSSR count). The van der Waals surface area contributed by atoms with Crippen LogP contribution in [0.1, 0.15) is 18.1 Å². The third-order valence-electron chi connectivity index (χ3n) is 2.42. The second-order valence-electron chi connectivity index (χ2n) is 3.25. The summed E-state index contributed by atoms with van der Waals surface area (Å²) in [5, 5.41) is 8.74. The molecule has 15 heavy (non-hydrogen) atoms. The predicted octanol–water partition coefficient (Wildman–Crippen LogP) is 2.81. The molecule has 0 aromatic heterocycles. The van der Waals surface area contributed by atoms with Crippen molar-refractivity contribution in [2.45, 2.75) is 19.8 Å². The minimum Gasteiger partial charge on any atom is -0.454 e. The first kappa shape index (κ1) is 10.3. The van der Waals surface area contributed by atoms with Gasteiger partial charge in [0.05, 0.1) is 17.0 Å². The highest BCUT2D eigenvalue weighted by molar-refractivity contribution is 9.10. The van der Waals surface area contributed by atoms with E-state index in [4.69, 9.17) is 14.7 Å². The van der Waals surface area contributed by atoms with Crippen LogP contribution < -0.4 is 9.47 Å². The molecule has 0 bridgehead atoms. The number of fused-ring (bicyclic) bond motifs is 1. The van der Waals surface area contributed by atoms with Crippen LogP contribution in [-0.4, -0.2) is 6.79 Å². The summed E-state index contributed by atoms with van der Waals surface area (Å²) in [6, 6.07) is 4.06. The molecule has 3 nitrogen and oxygen atoms in total. The fourth-order valence-corrected chi connectivity index (χ4v) is 2.56. The van der Waals surface area contributed by atoms with Gasteiger partial charge in [-0.15, -0.1) is 0 Å². The smallest absolute Gasteiger partial charge is 0.231 e. The maximum atomic E-state index is 8.74. The van der Waals surface area contributed by atoms with Crippen molar-refractivity contribution in [3.8, 4) is 17.6 Å². The highest BCUT2D eigenvalue weighted by Gasteiger charge is 2.21. The third kappa shape index (κ3) is 1.68. The van der Waals surface area contributed by atoms with Gasteiger partial charge in [-0.05, 0) is 39.5 Å². The van der Waals surface area contributed by atoms with E-state index in [0.29, 0.717) is 6.42 Å². The molecule has 0 atom stereocenters. The summed E-state index contributed by atoms with van der Waals surface area (Å²) in [5.41, 5.74) is 2.14. The lowest BCUT2D eigenvalue weighted by Gasteiger charge is -2.09. The van der Waals surface area contributed by atoms with Gasteiger partial charge in [-0.1, -0.05) is 6.92 Å². The molecule has 0 radical (unpaired) electrons. The van der Waals surface area contributed by atoms with E-state index in [1.807, 2.05) is 6.07 Å². The first-order valence-electron chi connectivity index (χ1n) is 4.74. The van der Waals surface area contributed by atoms with Crippen LogP contribution in [0.3, 0.4) is 0 Å². The number of rotatable bonds is 2. The molecule has 1 aliphatic heterocycles. The number of benzene rings is 1. The Balaban J connectivity index is 2.57. The molecular formula is C11H10BrNO2. The Morgan fingerprint density at radius 1 is 1.53 bits per heavy atom. The molecule has 1 aromatic carbocycles. The van der Waals surface area contributed by atoms with E-state index in [-0.39, 0.29) is 6.79 Å². The fourth-order valence-electron chi connectivity index (χ4n) is 1.72. The van der Waals surface area contributed by atoms with E-state index in [9.17, 15) is 0 Å². The Labute approximate surface area is 96.7 Å². The number of nitriles is 1. The van der Waals surface area contributed by atoms with Crippen LogP contribution >= 0.6 is 15.9 Å². The predicted molar refractivity (Wildman–Crippen MR) is 59.0 cm³/mol. The molecule has 0 saturated heterocycles. The summed E-state index contributed by atoms with van der Waals surface area (Å²) < 4.78 is 11.6. The molecule has 0 saturated carbocycles. The van der Waals surface area contributed by atoms with E-state index in [1.54, 1.807) is 0 Å². The zero-order chi connectivity index (χ0) is 10.8. The fraction of sp³-hybridized carbons (Fsp3) is 0.364. The van der Waals surface area contributed by atoms with E-state index in [1.165, 1.54) is 0 Å². The van der Waals surface area contributed by atoms with Gasteiger partial charge < -0.3 is 9.47 Å². The van der Waals surface area contributed by atoms with Gasteiger partial charge in [-0.3, -0.25) is 0 Å². The van der Waals surface area contributed by atoms with Crippen LogP contribution in [0.4, 0.5) is 0 Å². The topological polar surface area (TPSA) is 42.2 Å². The van der Waals surface area contributed by atoms with Crippen molar-refractivity contribution in [1.29, 1.82) is 5.26 Å². The van der Waals surface area contributed by atoms with Crippen LogP contribution in [0.25, 0.3) is 0 Å². The lowest BCUT2D eigenvalue weighted by atomic mass is 10.0. The van der Waals surface area contributed by atoms with Crippen LogP contribution in [0, 0.1) is 11.3 Å². The molecule has 0 unspecified atom stereocenters. The zero-order valence-electron chi connectivity index (χ0n) is 8.34. The molecule has 1 heterocycles. The van der Waals surface area contributed by atoms with E-state index in [0.717, 1.165) is 33.5 Å². The maximum Gasteiger partial charge on any atom is 0.231 e. The molecule has 1 aliphatic rings. The summed E-state index contributed by atoms with van der Waals surface area (Å²) in [7, 11) is 0. The number of hydrogen-bond donors (Lipinski definition) is 0. The van der Waals surface area contributed by atoms with Gasteiger partial charge in [-0.25, -0.2) is 0 Å². The molecule has 0 fully saturated rings. The standard InChI is InChI=1S/C11H10BrNO2/c1-2-8-7(3-4-13)5-9-11(10(8)12)15-6-14-9/h5H,2-3,6H2,1H3. The van der Waals surface area contributed by atoms with Crippen LogP contribution in [0.15, 0.2) is 10.5 Å². The SMILES string of the molecule is CCc1c(CC#N)cc2c(c1Br)OCO2. The van der Waals surface area contributed by atoms with Crippen LogP contribution in [-0.2, 0) is 12.8 Å². The Morgan fingerprint density at radius 3 is 3.00 bits per heavy atom. The molecule has 1 aromatic rings. The Bertz CT molecular complexity index is 437. The highest BCUT2D eigenvalue weighted by Crippen LogP contribution is 2.43. The van der Waals surface area contributed by atoms with Gasteiger partial charge in [0.1, 0.15) is 0 Å². The third-order valence-corrected chi connectivity index (χ3v) is 3.26. The number of ether oxygens (including phenoxy) is 2. The minimum atomic E-state index is 0.257. The lowest BCUT2D eigenvalue weighted by molar-refractivity contribution is 0.173. The largest absolute Gasteiger partial charge is 0.454 e. The lowest BCUT2D eigenvalue weighted by Crippen LogP contribution is -1.94. The second-order valence-corrected chi connectivity index (χ2v) is 4.04. The van der Waals surface area contributed by atoms with Gasteiger partial charge in [0.15, 0.2) is 11.5 Å². The summed E-state index contributed by atoms with van der Waals surface area (Å²) in [6.45, 7) is 2.32. The number of hydrogen-bond acceptors (Lipinski definition) is 3. The van der Waals surface area contributed by atoms with Crippen molar-refractivity contribution in [3.63, 3.8) is 0 Å².